The minimum Gasteiger partial charge on any atom is -0.374 e. The summed E-state index contributed by atoms with van der Waals surface area (Å²) in [4.78, 5) is 11.5. The Morgan fingerprint density at radius 2 is 2.04 bits per heavy atom. The molecule has 0 spiro atoms. The van der Waals surface area contributed by atoms with Crippen molar-refractivity contribution in [3.8, 4) is 0 Å². The molecular weight excluding hydrogens is 350 g/mol. The Hall–Kier alpha value is -1.50. The van der Waals surface area contributed by atoms with Gasteiger partial charge in [-0.1, -0.05) is 17.7 Å². The Morgan fingerprint density at radius 3 is 2.73 bits per heavy atom. The number of hydrogen-bond acceptors (Lipinski definition) is 4. The standard InChI is InChI=1S/C19H30ClN5O/c1-15-4-5-16(20)12-18(15)24-6-8-25(9-7-24)19(21-2)22-13-17-14-23(3)10-11-26-17/h4-5,12,17H,6-11,13-14H2,1-3H3,(H,21,22). The molecule has 1 atom stereocenters. The molecule has 0 radical (unpaired) electrons. The second-order valence-corrected chi connectivity index (χ2v) is 7.52. The van der Waals surface area contributed by atoms with Crippen molar-refractivity contribution in [3.05, 3.63) is 28.8 Å². The van der Waals surface area contributed by atoms with Crippen molar-refractivity contribution in [1.82, 2.24) is 15.1 Å². The Kier molecular flexibility index (Phi) is 6.62. The smallest absolute Gasteiger partial charge is 0.193 e. The number of morpholine rings is 1. The first-order chi connectivity index (χ1) is 12.6. The van der Waals surface area contributed by atoms with E-state index in [0.717, 1.165) is 63.4 Å². The van der Waals surface area contributed by atoms with E-state index in [-0.39, 0.29) is 6.10 Å². The van der Waals surface area contributed by atoms with Crippen LogP contribution in [0, 0.1) is 6.92 Å². The molecule has 1 aromatic rings. The third kappa shape index (κ3) is 4.81. The Morgan fingerprint density at radius 1 is 1.27 bits per heavy atom. The van der Waals surface area contributed by atoms with Crippen molar-refractivity contribution in [2.45, 2.75) is 13.0 Å². The zero-order valence-corrected chi connectivity index (χ0v) is 16.8. The maximum absolute atomic E-state index is 6.18. The lowest BCUT2D eigenvalue weighted by Gasteiger charge is -2.39. The molecule has 0 saturated carbocycles. The predicted octanol–water partition coefficient (Wildman–Crippen LogP) is 1.68. The van der Waals surface area contributed by atoms with Crippen LogP contribution in [-0.2, 0) is 4.74 Å². The van der Waals surface area contributed by atoms with Crippen molar-refractivity contribution >= 4 is 23.2 Å². The van der Waals surface area contributed by atoms with Crippen LogP contribution in [0.3, 0.4) is 0 Å². The van der Waals surface area contributed by atoms with Gasteiger partial charge in [-0.15, -0.1) is 0 Å². The first kappa shape index (κ1) is 19.3. The third-order valence-corrected chi connectivity index (χ3v) is 5.37. The third-order valence-electron chi connectivity index (χ3n) is 5.13. The zero-order chi connectivity index (χ0) is 18.5. The molecule has 2 aliphatic heterocycles. The fraction of sp³-hybridized carbons (Fsp3) is 0.632. The van der Waals surface area contributed by atoms with Crippen molar-refractivity contribution in [1.29, 1.82) is 0 Å². The van der Waals surface area contributed by atoms with E-state index >= 15 is 0 Å². The first-order valence-corrected chi connectivity index (χ1v) is 9.71. The summed E-state index contributed by atoms with van der Waals surface area (Å²) in [6.45, 7) is 9.52. The molecule has 0 amide bonds. The van der Waals surface area contributed by atoms with E-state index in [0.29, 0.717) is 0 Å². The summed E-state index contributed by atoms with van der Waals surface area (Å²) in [6, 6.07) is 6.11. The first-order valence-electron chi connectivity index (χ1n) is 9.33. The van der Waals surface area contributed by atoms with Gasteiger partial charge in [0.1, 0.15) is 0 Å². The van der Waals surface area contributed by atoms with Gasteiger partial charge in [0.25, 0.3) is 0 Å². The van der Waals surface area contributed by atoms with E-state index in [9.17, 15) is 0 Å². The molecule has 0 aliphatic carbocycles. The van der Waals surface area contributed by atoms with E-state index in [4.69, 9.17) is 16.3 Å². The summed E-state index contributed by atoms with van der Waals surface area (Å²) in [6.07, 6.45) is 0.223. The van der Waals surface area contributed by atoms with Crippen molar-refractivity contribution < 1.29 is 4.74 Å². The monoisotopic (exact) mass is 379 g/mol. The maximum atomic E-state index is 6.18. The van der Waals surface area contributed by atoms with E-state index in [1.165, 1.54) is 11.3 Å². The van der Waals surface area contributed by atoms with Gasteiger partial charge in [-0.05, 0) is 31.7 Å². The summed E-state index contributed by atoms with van der Waals surface area (Å²) in [7, 11) is 3.99. The number of aryl methyl sites for hydroxylation is 1. The summed E-state index contributed by atoms with van der Waals surface area (Å²) < 4.78 is 5.83. The largest absolute Gasteiger partial charge is 0.374 e. The highest BCUT2D eigenvalue weighted by Gasteiger charge is 2.23. The van der Waals surface area contributed by atoms with Gasteiger partial charge in [0.2, 0.25) is 0 Å². The SMILES string of the molecule is CN=C(NCC1CN(C)CCO1)N1CCN(c2cc(Cl)ccc2C)CC1. The summed E-state index contributed by atoms with van der Waals surface area (Å²) in [5.41, 5.74) is 2.50. The highest BCUT2D eigenvalue weighted by atomic mass is 35.5. The van der Waals surface area contributed by atoms with Crippen LogP contribution < -0.4 is 10.2 Å². The average Bonchev–Trinajstić information content (AvgIpc) is 2.65. The molecule has 6 nitrogen and oxygen atoms in total. The molecule has 0 aromatic heterocycles. The lowest BCUT2D eigenvalue weighted by Crippen LogP contribution is -2.54. The van der Waals surface area contributed by atoms with E-state index in [1.54, 1.807) is 0 Å². The molecule has 3 rings (SSSR count). The number of anilines is 1. The van der Waals surface area contributed by atoms with Gasteiger partial charge < -0.3 is 24.8 Å². The fourth-order valence-corrected chi connectivity index (χ4v) is 3.78. The Balaban J connectivity index is 1.52. The van der Waals surface area contributed by atoms with Crippen LogP contribution in [0.2, 0.25) is 5.02 Å². The number of ether oxygens (including phenoxy) is 1. The second-order valence-electron chi connectivity index (χ2n) is 7.09. The van der Waals surface area contributed by atoms with Crippen LogP contribution in [0.1, 0.15) is 5.56 Å². The number of halogens is 1. The van der Waals surface area contributed by atoms with Crippen LogP contribution >= 0.6 is 11.6 Å². The molecule has 1 unspecified atom stereocenters. The lowest BCUT2D eigenvalue weighted by atomic mass is 10.1. The van der Waals surface area contributed by atoms with E-state index in [1.807, 2.05) is 13.1 Å². The minimum atomic E-state index is 0.223. The van der Waals surface area contributed by atoms with Crippen LogP contribution in [-0.4, -0.2) is 88.4 Å². The van der Waals surface area contributed by atoms with Gasteiger partial charge in [-0.3, -0.25) is 4.99 Å². The zero-order valence-electron chi connectivity index (χ0n) is 16.0. The molecule has 0 bridgehead atoms. The highest BCUT2D eigenvalue weighted by Crippen LogP contribution is 2.25. The van der Waals surface area contributed by atoms with Crippen LogP contribution in [0.15, 0.2) is 23.2 Å². The number of benzene rings is 1. The number of guanidine groups is 1. The average molecular weight is 380 g/mol. The molecule has 7 heteroatoms. The van der Waals surface area contributed by atoms with E-state index in [2.05, 4.69) is 51.1 Å². The Labute approximate surface area is 161 Å². The lowest BCUT2D eigenvalue weighted by molar-refractivity contribution is -0.0163. The molecule has 1 aromatic carbocycles. The fourth-order valence-electron chi connectivity index (χ4n) is 3.61. The molecule has 144 valence electrons. The Bertz CT molecular complexity index is 630. The summed E-state index contributed by atoms with van der Waals surface area (Å²) >= 11 is 6.18. The van der Waals surface area contributed by atoms with Gasteiger partial charge in [-0.2, -0.15) is 0 Å². The van der Waals surface area contributed by atoms with Crippen molar-refractivity contribution in [3.63, 3.8) is 0 Å². The number of nitrogens with one attached hydrogen (secondary N) is 1. The molecule has 2 fully saturated rings. The molecule has 26 heavy (non-hydrogen) atoms. The van der Waals surface area contributed by atoms with Gasteiger partial charge in [-0.25, -0.2) is 0 Å². The number of aliphatic imine (C=N–C) groups is 1. The second kappa shape index (κ2) is 8.93. The molecule has 2 heterocycles. The van der Waals surface area contributed by atoms with Gasteiger partial charge >= 0.3 is 0 Å². The number of nitrogens with zero attached hydrogens (tertiary/aromatic N) is 4. The number of likely N-dealkylation sites (N-methyl/N-ethyl adjacent to an activating group) is 1. The van der Waals surface area contributed by atoms with Gasteiger partial charge in [0.15, 0.2) is 5.96 Å². The predicted molar refractivity (Wildman–Crippen MR) is 109 cm³/mol. The van der Waals surface area contributed by atoms with Crippen molar-refractivity contribution in [2.24, 2.45) is 4.99 Å². The molecule has 2 aliphatic rings. The van der Waals surface area contributed by atoms with Gasteiger partial charge in [0, 0.05) is 63.6 Å². The van der Waals surface area contributed by atoms with Crippen LogP contribution in [0.5, 0.6) is 0 Å². The van der Waals surface area contributed by atoms with Crippen LogP contribution in [0.4, 0.5) is 5.69 Å². The number of hydrogen-bond donors (Lipinski definition) is 1. The van der Waals surface area contributed by atoms with Gasteiger partial charge in [0.05, 0.1) is 12.7 Å². The number of rotatable bonds is 3. The quantitative estimate of drug-likeness (QED) is 0.639. The maximum Gasteiger partial charge on any atom is 0.193 e. The number of piperazine rings is 1. The van der Waals surface area contributed by atoms with E-state index < -0.39 is 0 Å². The molecular formula is C19H30ClN5O. The molecule has 2 saturated heterocycles. The normalized spacial score (nSPS) is 22.6. The highest BCUT2D eigenvalue weighted by molar-refractivity contribution is 6.30. The summed E-state index contributed by atoms with van der Waals surface area (Å²) in [5, 5.41) is 4.28. The summed E-state index contributed by atoms with van der Waals surface area (Å²) in [5.74, 6) is 0.962. The molecule has 1 N–H and O–H groups in total. The topological polar surface area (TPSA) is 43.3 Å². The van der Waals surface area contributed by atoms with Crippen LogP contribution in [0.25, 0.3) is 0 Å². The van der Waals surface area contributed by atoms with Crippen molar-refractivity contribution in [2.75, 3.05) is 71.4 Å². The minimum absolute atomic E-state index is 0.223.